The van der Waals surface area contributed by atoms with Crippen molar-refractivity contribution < 1.29 is 18.7 Å². The topological polar surface area (TPSA) is 77.7 Å². The maximum absolute atomic E-state index is 11.8. The minimum Gasteiger partial charge on any atom is -0.496 e. The molecule has 140 valence electrons. The third-order valence-electron chi connectivity index (χ3n) is 5.05. The fourth-order valence-corrected chi connectivity index (χ4v) is 3.66. The second-order valence-corrected chi connectivity index (χ2v) is 6.55. The number of aromatic nitrogens is 2. The van der Waals surface area contributed by atoms with Crippen LogP contribution < -0.4 is 9.47 Å². The van der Waals surface area contributed by atoms with Gasteiger partial charge in [-0.1, -0.05) is 6.07 Å². The number of nitrogens with zero attached hydrogens (tertiary/aromatic N) is 3. The molecule has 1 fully saturated rings. The van der Waals surface area contributed by atoms with Crippen LogP contribution in [0.3, 0.4) is 0 Å². The lowest BCUT2D eigenvalue weighted by Crippen LogP contribution is -2.44. The summed E-state index contributed by atoms with van der Waals surface area (Å²) in [5, 5.41) is 8.47. The van der Waals surface area contributed by atoms with Crippen LogP contribution >= 0.6 is 0 Å². The van der Waals surface area contributed by atoms with Crippen molar-refractivity contribution >= 4 is 5.91 Å². The molecule has 2 aromatic rings. The van der Waals surface area contributed by atoms with Crippen molar-refractivity contribution in [2.24, 2.45) is 0 Å². The summed E-state index contributed by atoms with van der Waals surface area (Å²) in [6.07, 6.45) is 2.30. The normalized spacial score (nSPS) is 20.1. The van der Waals surface area contributed by atoms with Gasteiger partial charge in [0.05, 0.1) is 26.6 Å². The maximum Gasteiger partial charge on any atom is 0.221 e. The maximum atomic E-state index is 11.8. The quantitative estimate of drug-likeness (QED) is 0.817. The molecule has 1 aromatic heterocycles. The van der Waals surface area contributed by atoms with E-state index in [9.17, 15) is 4.79 Å². The van der Waals surface area contributed by atoms with E-state index < -0.39 is 0 Å². The molecule has 1 amide bonds. The molecule has 3 rings (SSSR count). The van der Waals surface area contributed by atoms with Crippen molar-refractivity contribution in [3.63, 3.8) is 0 Å². The van der Waals surface area contributed by atoms with Crippen LogP contribution in [0.4, 0.5) is 0 Å². The van der Waals surface area contributed by atoms with Gasteiger partial charge in [-0.3, -0.25) is 4.79 Å². The van der Waals surface area contributed by atoms with Gasteiger partial charge in [0.2, 0.25) is 17.7 Å². The van der Waals surface area contributed by atoms with Crippen molar-refractivity contribution in [3.8, 4) is 11.5 Å². The van der Waals surface area contributed by atoms with Gasteiger partial charge in [0.25, 0.3) is 0 Å². The summed E-state index contributed by atoms with van der Waals surface area (Å²) in [4.78, 5) is 13.7. The van der Waals surface area contributed by atoms with E-state index >= 15 is 0 Å². The minimum absolute atomic E-state index is 0.0512. The van der Waals surface area contributed by atoms with E-state index in [0.717, 1.165) is 36.4 Å². The summed E-state index contributed by atoms with van der Waals surface area (Å²) in [5.41, 5.74) is 0.870. The van der Waals surface area contributed by atoms with Gasteiger partial charge < -0.3 is 18.8 Å². The number of carbonyl (C=O) groups excluding carboxylic acids is 1. The van der Waals surface area contributed by atoms with Crippen LogP contribution in [-0.4, -0.2) is 47.8 Å². The van der Waals surface area contributed by atoms with Gasteiger partial charge in [0.15, 0.2) is 0 Å². The van der Waals surface area contributed by atoms with Gasteiger partial charge in [-0.2, -0.15) is 0 Å². The van der Waals surface area contributed by atoms with Crippen molar-refractivity contribution in [3.05, 3.63) is 35.5 Å². The van der Waals surface area contributed by atoms with Crippen LogP contribution in [0, 0.1) is 0 Å². The lowest BCUT2D eigenvalue weighted by atomic mass is 9.90. The summed E-state index contributed by atoms with van der Waals surface area (Å²) in [7, 11) is 3.25. The number of benzene rings is 1. The molecule has 0 bridgehead atoms. The molecular formula is C19H25N3O4. The number of rotatable bonds is 5. The number of ether oxygens (including phenoxy) is 2. The predicted octanol–water partition coefficient (Wildman–Crippen LogP) is 2.79. The Morgan fingerprint density at radius 3 is 2.58 bits per heavy atom. The van der Waals surface area contributed by atoms with Crippen molar-refractivity contribution in [1.82, 2.24) is 15.1 Å². The SMILES string of the molecule is COc1cccc(OC)c1Cc1nnc([C@H]2CCCN(C(C)=O)[C@H]2C)o1. The first-order valence-corrected chi connectivity index (χ1v) is 8.84. The number of hydrogen-bond donors (Lipinski definition) is 0. The van der Waals surface area contributed by atoms with E-state index in [1.807, 2.05) is 30.0 Å². The lowest BCUT2D eigenvalue weighted by molar-refractivity contribution is -0.132. The second-order valence-electron chi connectivity index (χ2n) is 6.55. The molecule has 0 aliphatic carbocycles. The Bertz CT molecular complexity index is 752. The highest BCUT2D eigenvalue weighted by atomic mass is 16.5. The monoisotopic (exact) mass is 359 g/mol. The number of piperidine rings is 1. The fourth-order valence-electron chi connectivity index (χ4n) is 3.66. The van der Waals surface area contributed by atoms with Crippen molar-refractivity contribution in [1.29, 1.82) is 0 Å². The van der Waals surface area contributed by atoms with E-state index in [2.05, 4.69) is 10.2 Å². The van der Waals surface area contributed by atoms with Crippen molar-refractivity contribution in [2.75, 3.05) is 20.8 Å². The van der Waals surface area contributed by atoms with Gasteiger partial charge in [-0.15, -0.1) is 10.2 Å². The summed E-state index contributed by atoms with van der Waals surface area (Å²) < 4.78 is 16.8. The Kier molecular flexibility index (Phi) is 5.44. The third kappa shape index (κ3) is 3.52. The number of carbonyl (C=O) groups is 1. The summed E-state index contributed by atoms with van der Waals surface area (Å²) in [6.45, 7) is 4.43. The molecule has 0 unspecified atom stereocenters. The Labute approximate surface area is 153 Å². The molecule has 26 heavy (non-hydrogen) atoms. The molecule has 1 aromatic carbocycles. The van der Waals surface area contributed by atoms with Crippen LogP contribution in [0.2, 0.25) is 0 Å². The van der Waals surface area contributed by atoms with Crippen LogP contribution in [0.15, 0.2) is 22.6 Å². The predicted molar refractivity (Wildman–Crippen MR) is 95.5 cm³/mol. The number of amides is 1. The van der Waals surface area contributed by atoms with Gasteiger partial charge in [0.1, 0.15) is 11.5 Å². The molecule has 2 atom stereocenters. The zero-order valence-electron chi connectivity index (χ0n) is 15.7. The zero-order chi connectivity index (χ0) is 18.7. The van der Waals surface area contributed by atoms with E-state index in [-0.39, 0.29) is 17.9 Å². The molecular weight excluding hydrogens is 334 g/mol. The van der Waals surface area contributed by atoms with E-state index in [4.69, 9.17) is 13.9 Å². The van der Waals surface area contributed by atoms with Crippen LogP contribution in [0.25, 0.3) is 0 Å². The Morgan fingerprint density at radius 1 is 1.27 bits per heavy atom. The summed E-state index contributed by atoms with van der Waals surface area (Å²) in [6, 6.07) is 5.68. The first-order valence-electron chi connectivity index (χ1n) is 8.84. The molecule has 0 N–H and O–H groups in total. The number of likely N-dealkylation sites (tertiary alicyclic amines) is 1. The Hall–Kier alpha value is -2.57. The standard InChI is InChI=1S/C19H25N3O4/c1-12-14(7-6-10-22(12)13(2)23)19-21-20-18(26-19)11-15-16(24-3)8-5-9-17(15)25-4/h5,8-9,12,14H,6-7,10-11H2,1-4H3/t12-,14-/m0/s1. The smallest absolute Gasteiger partial charge is 0.221 e. The second kappa shape index (κ2) is 7.76. The molecule has 1 aliphatic heterocycles. The largest absolute Gasteiger partial charge is 0.496 e. The van der Waals surface area contributed by atoms with Gasteiger partial charge >= 0.3 is 0 Å². The molecule has 0 radical (unpaired) electrons. The van der Waals surface area contributed by atoms with Gasteiger partial charge in [0, 0.05) is 25.1 Å². The van der Waals surface area contributed by atoms with Crippen LogP contribution in [0.5, 0.6) is 11.5 Å². The lowest BCUT2D eigenvalue weighted by Gasteiger charge is -2.37. The summed E-state index contributed by atoms with van der Waals surface area (Å²) >= 11 is 0. The highest BCUT2D eigenvalue weighted by Crippen LogP contribution is 2.34. The number of hydrogen-bond acceptors (Lipinski definition) is 6. The van der Waals surface area contributed by atoms with Gasteiger partial charge in [-0.25, -0.2) is 0 Å². The van der Waals surface area contributed by atoms with Gasteiger partial charge in [-0.05, 0) is 31.9 Å². The molecule has 1 aliphatic rings. The first kappa shape index (κ1) is 18.2. The molecule has 0 saturated carbocycles. The van der Waals surface area contributed by atoms with Crippen molar-refractivity contribution in [2.45, 2.75) is 45.1 Å². The molecule has 7 heteroatoms. The Balaban J connectivity index is 1.82. The first-order chi connectivity index (χ1) is 12.5. The molecule has 2 heterocycles. The number of methoxy groups -OCH3 is 2. The molecule has 0 spiro atoms. The molecule has 7 nitrogen and oxygen atoms in total. The van der Waals surface area contributed by atoms with Crippen LogP contribution in [0.1, 0.15) is 50.0 Å². The summed E-state index contributed by atoms with van der Waals surface area (Å²) in [5.74, 6) is 2.69. The van der Waals surface area contributed by atoms with E-state index in [0.29, 0.717) is 18.2 Å². The van der Waals surface area contributed by atoms with Crippen LogP contribution in [-0.2, 0) is 11.2 Å². The molecule has 1 saturated heterocycles. The highest BCUT2D eigenvalue weighted by Gasteiger charge is 2.34. The zero-order valence-corrected chi connectivity index (χ0v) is 15.7. The van der Waals surface area contributed by atoms with E-state index in [1.54, 1.807) is 21.1 Å². The Morgan fingerprint density at radius 2 is 1.96 bits per heavy atom. The third-order valence-corrected chi connectivity index (χ3v) is 5.05. The highest BCUT2D eigenvalue weighted by molar-refractivity contribution is 5.73. The average Bonchev–Trinajstić information content (AvgIpc) is 3.10. The average molecular weight is 359 g/mol. The minimum atomic E-state index is 0.0512. The fraction of sp³-hybridized carbons (Fsp3) is 0.526. The van der Waals surface area contributed by atoms with E-state index in [1.165, 1.54) is 0 Å².